The maximum absolute atomic E-state index is 12.7. The summed E-state index contributed by atoms with van der Waals surface area (Å²) >= 11 is 0. The van der Waals surface area contributed by atoms with Gasteiger partial charge in [-0.1, -0.05) is 6.92 Å². The number of pyridine rings is 1. The first-order valence-corrected chi connectivity index (χ1v) is 7.70. The molecule has 3 N–H and O–H groups in total. The molecule has 1 aliphatic rings. The van der Waals surface area contributed by atoms with E-state index in [1.165, 1.54) is 0 Å². The summed E-state index contributed by atoms with van der Waals surface area (Å²) in [5.74, 6) is 0.492. The third-order valence-electron chi connectivity index (χ3n) is 3.59. The number of hydrogen-bond acceptors (Lipinski definition) is 5. The molecule has 6 nitrogen and oxygen atoms in total. The van der Waals surface area contributed by atoms with Crippen LogP contribution in [0.3, 0.4) is 0 Å². The zero-order valence-corrected chi connectivity index (χ0v) is 13.8. The van der Waals surface area contributed by atoms with Gasteiger partial charge in [0.05, 0.1) is 23.6 Å². The first-order chi connectivity index (χ1) is 10.3. The monoisotopic (exact) mass is 306 g/mol. The number of hydrogen-bond donors (Lipinski definition) is 2. The van der Waals surface area contributed by atoms with Crippen LogP contribution in [0.5, 0.6) is 0 Å². The van der Waals surface area contributed by atoms with Crippen molar-refractivity contribution in [2.75, 3.05) is 23.7 Å². The SMILES string of the molecule is CC1CNCC(N(C(=O)OC(C)(C)C)c2ccncc2N)C1. The van der Waals surface area contributed by atoms with E-state index in [1.807, 2.05) is 20.8 Å². The Morgan fingerprint density at radius 3 is 2.77 bits per heavy atom. The van der Waals surface area contributed by atoms with Crippen molar-refractivity contribution in [1.82, 2.24) is 10.3 Å². The maximum Gasteiger partial charge on any atom is 0.415 e. The van der Waals surface area contributed by atoms with E-state index < -0.39 is 5.60 Å². The van der Waals surface area contributed by atoms with E-state index in [-0.39, 0.29) is 12.1 Å². The van der Waals surface area contributed by atoms with Crippen molar-refractivity contribution in [2.24, 2.45) is 5.92 Å². The molecule has 2 heterocycles. The van der Waals surface area contributed by atoms with Crippen LogP contribution in [-0.4, -0.2) is 35.8 Å². The highest BCUT2D eigenvalue weighted by Crippen LogP contribution is 2.29. The van der Waals surface area contributed by atoms with E-state index in [2.05, 4.69) is 17.2 Å². The van der Waals surface area contributed by atoms with Gasteiger partial charge in [0.2, 0.25) is 0 Å². The predicted molar refractivity (Wildman–Crippen MR) is 87.8 cm³/mol. The van der Waals surface area contributed by atoms with E-state index in [0.29, 0.717) is 17.3 Å². The van der Waals surface area contributed by atoms with Gasteiger partial charge in [-0.25, -0.2) is 4.79 Å². The van der Waals surface area contributed by atoms with Crippen molar-refractivity contribution >= 4 is 17.5 Å². The molecule has 1 aromatic rings. The zero-order chi connectivity index (χ0) is 16.3. The summed E-state index contributed by atoms with van der Waals surface area (Å²) in [5.41, 5.74) is 6.62. The second kappa shape index (κ2) is 6.52. The lowest BCUT2D eigenvalue weighted by molar-refractivity contribution is 0.0557. The number of nitrogen functional groups attached to an aromatic ring is 1. The van der Waals surface area contributed by atoms with E-state index in [4.69, 9.17) is 10.5 Å². The highest BCUT2D eigenvalue weighted by atomic mass is 16.6. The number of nitrogens with one attached hydrogen (secondary N) is 1. The number of aromatic nitrogens is 1. The Hall–Kier alpha value is -1.82. The fourth-order valence-corrected chi connectivity index (χ4v) is 2.70. The molecule has 1 aliphatic heterocycles. The number of carbonyl (C=O) groups is 1. The first kappa shape index (κ1) is 16.5. The van der Waals surface area contributed by atoms with Gasteiger partial charge in [0.15, 0.2) is 0 Å². The minimum Gasteiger partial charge on any atom is -0.443 e. The highest BCUT2D eigenvalue weighted by Gasteiger charge is 2.33. The Morgan fingerprint density at radius 1 is 1.45 bits per heavy atom. The van der Waals surface area contributed by atoms with Gasteiger partial charge in [-0.3, -0.25) is 9.88 Å². The van der Waals surface area contributed by atoms with Crippen LogP contribution in [0.2, 0.25) is 0 Å². The van der Waals surface area contributed by atoms with Crippen LogP contribution in [0.4, 0.5) is 16.2 Å². The third-order valence-corrected chi connectivity index (χ3v) is 3.59. The maximum atomic E-state index is 12.7. The summed E-state index contributed by atoms with van der Waals surface area (Å²) in [6, 6.07) is 1.78. The Labute approximate surface area is 132 Å². The fourth-order valence-electron chi connectivity index (χ4n) is 2.70. The van der Waals surface area contributed by atoms with Crippen molar-refractivity contribution < 1.29 is 9.53 Å². The lowest BCUT2D eigenvalue weighted by atomic mass is 9.96. The van der Waals surface area contributed by atoms with Crippen molar-refractivity contribution in [3.05, 3.63) is 18.5 Å². The van der Waals surface area contributed by atoms with Gasteiger partial charge >= 0.3 is 6.09 Å². The molecule has 0 aliphatic carbocycles. The summed E-state index contributed by atoms with van der Waals surface area (Å²) < 4.78 is 5.58. The highest BCUT2D eigenvalue weighted by molar-refractivity contribution is 5.92. The van der Waals surface area contributed by atoms with Crippen LogP contribution < -0.4 is 16.0 Å². The van der Waals surface area contributed by atoms with Gasteiger partial charge in [-0.15, -0.1) is 0 Å². The number of carbonyl (C=O) groups excluding carboxylic acids is 1. The van der Waals surface area contributed by atoms with Crippen molar-refractivity contribution in [3.63, 3.8) is 0 Å². The number of nitrogens with zero attached hydrogens (tertiary/aromatic N) is 2. The molecule has 122 valence electrons. The molecule has 1 aromatic heterocycles. The largest absolute Gasteiger partial charge is 0.443 e. The molecule has 0 radical (unpaired) electrons. The predicted octanol–water partition coefficient (Wildman–Crippen LogP) is 2.40. The molecule has 0 spiro atoms. The molecule has 0 aromatic carbocycles. The number of amides is 1. The average Bonchev–Trinajstić information content (AvgIpc) is 2.39. The Bertz CT molecular complexity index is 527. The topological polar surface area (TPSA) is 80.5 Å². The first-order valence-electron chi connectivity index (χ1n) is 7.70. The summed E-state index contributed by atoms with van der Waals surface area (Å²) in [6.07, 6.45) is 3.75. The number of ether oxygens (including phenoxy) is 1. The van der Waals surface area contributed by atoms with Crippen LogP contribution in [0, 0.1) is 5.92 Å². The second-order valence-corrected chi connectivity index (χ2v) is 6.94. The third kappa shape index (κ3) is 4.10. The van der Waals surface area contributed by atoms with E-state index in [1.54, 1.807) is 23.4 Å². The second-order valence-electron chi connectivity index (χ2n) is 6.94. The molecule has 1 saturated heterocycles. The molecule has 1 fully saturated rings. The van der Waals surface area contributed by atoms with Gasteiger partial charge in [0.1, 0.15) is 5.60 Å². The minimum atomic E-state index is -0.551. The molecule has 1 amide bonds. The molecule has 22 heavy (non-hydrogen) atoms. The van der Waals surface area contributed by atoms with Gasteiger partial charge < -0.3 is 15.8 Å². The number of nitrogens with two attached hydrogens (primary N) is 1. The van der Waals surface area contributed by atoms with Crippen LogP contribution in [-0.2, 0) is 4.74 Å². The molecular weight excluding hydrogens is 280 g/mol. The summed E-state index contributed by atoms with van der Waals surface area (Å²) in [7, 11) is 0. The lowest BCUT2D eigenvalue weighted by Gasteiger charge is -2.38. The molecule has 6 heteroatoms. The summed E-state index contributed by atoms with van der Waals surface area (Å²) in [6.45, 7) is 9.44. The molecule has 0 bridgehead atoms. The lowest BCUT2D eigenvalue weighted by Crippen LogP contribution is -2.52. The molecular formula is C16H26N4O2. The van der Waals surface area contributed by atoms with Crippen LogP contribution in [0.25, 0.3) is 0 Å². The Kier molecular flexibility index (Phi) is 4.90. The van der Waals surface area contributed by atoms with Gasteiger partial charge in [-0.2, -0.15) is 0 Å². The molecule has 2 unspecified atom stereocenters. The number of piperidine rings is 1. The quantitative estimate of drug-likeness (QED) is 0.877. The van der Waals surface area contributed by atoms with Gasteiger partial charge in [0.25, 0.3) is 0 Å². The molecule has 2 atom stereocenters. The van der Waals surface area contributed by atoms with Gasteiger partial charge in [-0.05, 0) is 45.7 Å². The molecule has 0 saturated carbocycles. The van der Waals surface area contributed by atoms with Crippen molar-refractivity contribution in [3.8, 4) is 0 Å². The van der Waals surface area contributed by atoms with E-state index in [9.17, 15) is 4.79 Å². The minimum absolute atomic E-state index is 0.0169. The zero-order valence-electron chi connectivity index (χ0n) is 13.8. The molecule has 2 rings (SSSR count). The summed E-state index contributed by atoms with van der Waals surface area (Å²) in [5, 5.41) is 3.37. The van der Waals surface area contributed by atoms with Gasteiger partial charge in [0, 0.05) is 12.7 Å². The fraction of sp³-hybridized carbons (Fsp3) is 0.625. The van der Waals surface area contributed by atoms with Crippen molar-refractivity contribution in [1.29, 1.82) is 0 Å². The number of rotatable bonds is 2. The van der Waals surface area contributed by atoms with Crippen LogP contribution in [0.15, 0.2) is 18.5 Å². The van der Waals surface area contributed by atoms with Crippen LogP contribution in [0.1, 0.15) is 34.1 Å². The average molecular weight is 306 g/mol. The number of anilines is 2. The van der Waals surface area contributed by atoms with Crippen molar-refractivity contribution in [2.45, 2.75) is 45.8 Å². The summed E-state index contributed by atoms with van der Waals surface area (Å²) in [4.78, 5) is 18.4. The van der Waals surface area contributed by atoms with E-state index >= 15 is 0 Å². The Morgan fingerprint density at radius 2 is 2.18 bits per heavy atom. The Balaban J connectivity index is 2.32. The van der Waals surface area contributed by atoms with E-state index in [0.717, 1.165) is 19.5 Å². The standard InChI is InChI=1S/C16H26N4O2/c1-11-7-12(9-19-8-11)20(15(21)22-16(2,3)4)14-5-6-18-10-13(14)17/h5-6,10-12,19H,7-9,17H2,1-4H3. The smallest absolute Gasteiger partial charge is 0.415 e. The normalized spacial score (nSPS) is 22.2. The van der Waals surface area contributed by atoms with Crippen LogP contribution >= 0.6 is 0 Å².